The fourth-order valence-electron chi connectivity index (χ4n) is 1.92. The van der Waals surface area contributed by atoms with Gasteiger partial charge in [-0.3, -0.25) is 0 Å². The zero-order valence-electron chi connectivity index (χ0n) is 10.1. The maximum atomic E-state index is 4.42. The van der Waals surface area contributed by atoms with Crippen LogP contribution in [-0.4, -0.2) is 16.0 Å². The SMILES string of the molecule is Brc1ccc(Cc2ncc(CNC3CC3)[nH]2)cc1. The van der Waals surface area contributed by atoms with Crippen LogP contribution in [0, 0.1) is 0 Å². The smallest absolute Gasteiger partial charge is 0.110 e. The molecule has 1 aliphatic carbocycles. The van der Waals surface area contributed by atoms with E-state index in [1.807, 2.05) is 6.20 Å². The average molecular weight is 306 g/mol. The van der Waals surface area contributed by atoms with Gasteiger partial charge in [0, 0.05) is 35.4 Å². The summed E-state index contributed by atoms with van der Waals surface area (Å²) in [4.78, 5) is 7.80. The number of rotatable bonds is 5. The Morgan fingerprint density at radius 2 is 2.06 bits per heavy atom. The number of aromatic nitrogens is 2. The van der Waals surface area contributed by atoms with E-state index in [0.717, 1.165) is 29.3 Å². The van der Waals surface area contributed by atoms with Crippen molar-refractivity contribution < 1.29 is 0 Å². The summed E-state index contributed by atoms with van der Waals surface area (Å²) in [5.74, 6) is 1.03. The predicted molar refractivity (Wildman–Crippen MR) is 75.4 cm³/mol. The first-order valence-electron chi connectivity index (χ1n) is 6.30. The Bertz CT molecular complexity index is 514. The van der Waals surface area contributed by atoms with Gasteiger partial charge in [-0.15, -0.1) is 0 Å². The van der Waals surface area contributed by atoms with E-state index in [0.29, 0.717) is 0 Å². The van der Waals surface area contributed by atoms with Crippen molar-refractivity contribution in [1.82, 2.24) is 15.3 Å². The summed E-state index contributed by atoms with van der Waals surface area (Å²) in [6.45, 7) is 0.901. The molecule has 0 amide bonds. The van der Waals surface area contributed by atoms with Crippen molar-refractivity contribution in [3.05, 3.63) is 52.0 Å². The van der Waals surface area contributed by atoms with Gasteiger partial charge in [-0.2, -0.15) is 0 Å². The second kappa shape index (κ2) is 5.24. The summed E-state index contributed by atoms with van der Waals surface area (Å²) in [7, 11) is 0. The third-order valence-corrected chi connectivity index (χ3v) is 3.65. The minimum atomic E-state index is 0.739. The largest absolute Gasteiger partial charge is 0.345 e. The molecule has 1 aliphatic rings. The topological polar surface area (TPSA) is 40.7 Å². The lowest BCUT2D eigenvalue weighted by Crippen LogP contribution is -2.15. The molecule has 4 heteroatoms. The van der Waals surface area contributed by atoms with Gasteiger partial charge in [0.1, 0.15) is 5.82 Å². The minimum absolute atomic E-state index is 0.739. The third kappa shape index (κ3) is 3.21. The molecule has 2 N–H and O–H groups in total. The van der Waals surface area contributed by atoms with Crippen molar-refractivity contribution in [2.24, 2.45) is 0 Å². The van der Waals surface area contributed by atoms with Gasteiger partial charge in [0.25, 0.3) is 0 Å². The summed E-state index contributed by atoms with van der Waals surface area (Å²) < 4.78 is 1.11. The molecular weight excluding hydrogens is 290 g/mol. The molecule has 3 rings (SSSR count). The number of nitrogens with zero attached hydrogens (tertiary/aromatic N) is 1. The standard InChI is InChI=1S/C14H16BrN3/c15-11-3-1-10(2-4-11)7-14-17-9-13(18-14)8-16-12-5-6-12/h1-4,9,12,16H,5-8H2,(H,17,18). The van der Waals surface area contributed by atoms with Crippen molar-refractivity contribution in [2.45, 2.75) is 31.8 Å². The number of benzene rings is 1. The Morgan fingerprint density at radius 3 is 2.78 bits per heavy atom. The van der Waals surface area contributed by atoms with Gasteiger partial charge in [0.05, 0.1) is 0 Å². The second-order valence-corrected chi connectivity index (χ2v) is 5.73. The highest BCUT2D eigenvalue weighted by atomic mass is 79.9. The molecule has 1 saturated carbocycles. The fourth-order valence-corrected chi connectivity index (χ4v) is 2.19. The Kier molecular flexibility index (Phi) is 3.48. The molecule has 0 aliphatic heterocycles. The van der Waals surface area contributed by atoms with E-state index >= 15 is 0 Å². The van der Waals surface area contributed by atoms with E-state index in [-0.39, 0.29) is 0 Å². The molecule has 1 heterocycles. The lowest BCUT2D eigenvalue weighted by atomic mass is 10.1. The van der Waals surface area contributed by atoms with Crippen LogP contribution in [0.1, 0.15) is 29.9 Å². The van der Waals surface area contributed by atoms with Crippen LogP contribution in [0.15, 0.2) is 34.9 Å². The molecule has 0 bridgehead atoms. The number of imidazole rings is 1. The summed E-state index contributed by atoms with van der Waals surface area (Å²) in [5.41, 5.74) is 2.45. The highest BCUT2D eigenvalue weighted by Gasteiger charge is 2.20. The molecule has 18 heavy (non-hydrogen) atoms. The van der Waals surface area contributed by atoms with Crippen LogP contribution in [0.5, 0.6) is 0 Å². The maximum absolute atomic E-state index is 4.42. The fraction of sp³-hybridized carbons (Fsp3) is 0.357. The molecule has 2 aromatic rings. The highest BCUT2D eigenvalue weighted by molar-refractivity contribution is 9.10. The van der Waals surface area contributed by atoms with Crippen LogP contribution in [0.4, 0.5) is 0 Å². The normalized spacial score (nSPS) is 14.9. The quantitative estimate of drug-likeness (QED) is 0.891. The molecule has 0 radical (unpaired) electrons. The van der Waals surface area contributed by atoms with Crippen LogP contribution >= 0.6 is 15.9 Å². The first kappa shape index (κ1) is 11.9. The number of nitrogens with one attached hydrogen (secondary N) is 2. The van der Waals surface area contributed by atoms with Gasteiger partial charge in [0.2, 0.25) is 0 Å². The van der Waals surface area contributed by atoms with E-state index < -0.39 is 0 Å². The summed E-state index contributed by atoms with van der Waals surface area (Å²) >= 11 is 3.44. The Morgan fingerprint density at radius 1 is 1.28 bits per heavy atom. The maximum Gasteiger partial charge on any atom is 0.110 e. The molecule has 3 nitrogen and oxygen atoms in total. The summed E-state index contributed by atoms with van der Waals surface area (Å²) in [6.07, 6.45) is 5.43. The van der Waals surface area contributed by atoms with E-state index in [9.17, 15) is 0 Å². The summed E-state index contributed by atoms with van der Waals surface area (Å²) in [5, 5.41) is 3.48. The molecule has 94 valence electrons. The molecule has 1 fully saturated rings. The number of halogens is 1. The molecule has 0 spiro atoms. The van der Waals surface area contributed by atoms with Gasteiger partial charge < -0.3 is 10.3 Å². The molecule has 0 unspecified atom stereocenters. The van der Waals surface area contributed by atoms with Crippen molar-refractivity contribution in [1.29, 1.82) is 0 Å². The Balaban J connectivity index is 1.60. The lowest BCUT2D eigenvalue weighted by molar-refractivity contribution is 0.676. The van der Waals surface area contributed by atoms with Crippen molar-refractivity contribution >= 4 is 15.9 Å². The number of hydrogen-bond donors (Lipinski definition) is 2. The average Bonchev–Trinajstić information content (AvgIpc) is 3.10. The van der Waals surface area contributed by atoms with Crippen LogP contribution < -0.4 is 5.32 Å². The predicted octanol–water partition coefficient (Wildman–Crippen LogP) is 3.02. The molecular formula is C14H16BrN3. The van der Waals surface area contributed by atoms with Crippen molar-refractivity contribution in [2.75, 3.05) is 0 Å². The number of H-pyrrole nitrogens is 1. The van der Waals surface area contributed by atoms with E-state index in [2.05, 4.69) is 55.5 Å². The second-order valence-electron chi connectivity index (χ2n) is 4.81. The van der Waals surface area contributed by atoms with Crippen molar-refractivity contribution in [3.63, 3.8) is 0 Å². The van der Waals surface area contributed by atoms with Gasteiger partial charge in [-0.05, 0) is 30.5 Å². The van der Waals surface area contributed by atoms with E-state index in [1.165, 1.54) is 24.1 Å². The minimum Gasteiger partial charge on any atom is -0.345 e. The summed E-state index contributed by atoms with van der Waals surface area (Å²) in [6, 6.07) is 9.11. The van der Waals surface area contributed by atoms with E-state index in [4.69, 9.17) is 0 Å². The molecule has 1 aromatic heterocycles. The third-order valence-electron chi connectivity index (χ3n) is 3.12. The first-order chi connectivity index (χ1) is 8.79. The van der Waals surface area contributed by atoms with Crippen LogP contribution in [0.3, 0.4) is 0 Å². The van der Waals surface area contributed by atoms with Crippen LogP contribution in [0.25, 0.3) is 0 Å². The Labute approximate surface area is 115 Å². The van der Waals surface area contributed by atoms with Crippen LogP contribution in [0.2, 0.25) is 0 Å². The van der Waals surface area contributed by atoms with E-state index in [1.54, 1.807) is 0 Å². The van der Waals surface area contributed by atoms with Gasteiger partial charge in [-0.1, -0.05) is 28.1 Å². The molecule has 0 saturated heterocycles. The van der Waals surface area contributed by atoms with Crippen molar-refractivity contribution in [3.8, 4) is 0 Å². The molecule has 0 atom stereocenters. The number of hydrogen-bond acceptors (Lipinski definition) is 2. The zero-order chi connectivity index (χ0) is 12.4. The van der Waals surface area contributed by atoms with Crippen LogP contribution in [-0.2, 0) is 13.0 Å². The zero-order valence-corrected chi connectivity index (χ0v) is 11.7. The highest BCUT2D eigenvalue weighted by Crippen LogP contribution is 2.19. The first-order valence-corrected chi connectivity index (χ1v) is 7.09. The van der Waals surface area contributed by atoms with Gasteiger partial charge in [-0.25, -0.2) is 4.98 Å². The van der Waals surface area contributed by atoms with Gasteiger partial charge in [0.15, 0.2) is 0 Å². The Hall–Kier alpha value is -1.13. The lowest BCUT2D eigenvalue weighted by Gasteiger charge is -2.00. The number of aromatic amines is 1. The monoisotopic (exact) mass is 305 g/mol. The van der Waals surface area contributed by atoms with Gasteiger partial charge >= 0.3 is 0 Å². The molecule has 1 aromatic carbocycles.